The summed E-state index contributed by atoms with van der Waals surface area (Å²) in [4.78, 5) is 3.30. The lowest BCUT2D eigenvalue weighted by Gasteiger charge is -2.13. The van der Waals surface area contributed by atoms with Gasteiger partial charge in [-0.25, -0.2) is 17.8 Å². The van der Waals surface area contributed by atoms with E-state index in [2.05, 4.69) is 15.0 Å². The Morgan fingerprint density at radius 3 is 2.72 bits per heavy atom. The Morgan fingerprint density at radius 1 is 1.28 bits per heavy atom. The van der Waals surface area contributed by atoms with E-state index >= 15 is 0 Å². The molecule has 0 amide bonds. The quantitative estimate of drug-likeness (QED) is 0.336. The molecule has 1 aromatic heterocycles. The second-order valence-corrected chi connectivity index (χ2v) is 9.56. The third kappa shape index (κ3) is 7.38. The van der Waals surface area contributed by atoms with Crippen molar-refractivity contribution in [2.24, 2.45) is 11.7 Å². The summed E-state index contributed by atoms with van der Waals surface area (Å²) in [6.45, 7) is 1.29. The molecule has 1 heterocycles. The number of sulfonamides is 1. The zero-order valence-corrected chi connectivity index (χ0v) is 18.3. The van der Waals surface area contributed by atoms with E-state index in [1.807, 2.05) is 0 Å². The van der Waals surface area contributed by atoms with Crippen LogP contribution in [0.4, 0.5) is 15.2 Å². The molecule has 29 heavy (non-hydrogen) atoms. The zero-order valence-electron chi connectivity index (χ0n) is 15.9. The molecular formula is C18H26ClFN4O3S2. The minimum absolute atomic E-state index is 0.120. The molecule has 7 nitrogen and oxygen atoms in total. The lowest BCUT2D eigenvalue weighted by atomic mass is 9.99. The van der Waals surface area contributed by atoms with Gasteiger partial charge in [0.25, 0.3) is 10.0 Å². The van der Waals surface area contributed by atoms with Gasteiger partial charge in [0.2, 0.25) is 0 Å². The minimum atomic E-state index is -4.12. The normalized spacial score (nSPS) is 12.7. The van der Waals surface area contributed by atoms with Gasteiger partial charge in [-0.1, -0.05) is 24.4 Å². The maximum atomic E-state index is 14.4. The van der Waals surface area contributed by atoms with Crippen molar-refractivity contribution in [3.63, 3.8) is 0 Å². The molecule has 0 fully saturated rings. The lowest BCUT2D eigenvalue weighted by molar-refractivity contribution is 0.209. The summed E-state index contributed by atoms with van der Waals surface area (Å²) in [5.74, 6) is -0.655. The van der Waals surface area contributed by atoms with Crippen molar-refractivity contribution < 1.29 is 17.9 Å². The van der Waals surface area contributed by atoms with Gasteiger partial charge in [-0.2, -0.15) is 0 Å². The van der Waals surface area contributed by atoms with Crippen LogP contribution in [0.5, 0.6) is 0 Å². The summed E-state index contributed by atoms with van der Waals surface area (Å²) in [5.41, 5.74) is 5.85. The van der Waals surface area contributed by atoms with Crippen LogP contribution in [0, 0.1) is 11.7 Å². The Morgan fingerprint density at radius 2 is 2.07 bits per heavy atom. The van der Waals surface area contributed by atoms with Crippen LogP contribution in [0.3, 0.4) is 0 Å². The van der Waals surface area contributed by atoms with Gasteiger partial charge >= 0.3 is 0 Å². The highest BCUT2D eigenvalue weighted by atomic mass is 35.5. The van der Waals surface area contributed by atoms with Gasteiger partial charge in [-0.3, -0.25) is 4.72 Å². The van der Waals surface area contributed by atoms with E-state index in [1.165, 1.54) is 6.20 Å². The fourth-order valence-electron chi connectivity index (χ4n) is 2.83. The molecule has 11 heteroatoms. The number of aromatic nitrogens is 1. The Bertz CT molecular complexity index is 866. The van der Waals surface area contributed by atoms with Gasteiger partial charge in [-0.05, 0) is 43.9 Å². The first-order chi connectivity index (χ1) is 13.9. The van der Waals surface area contributed by atoms with E-state index in [1.54, 1.807) is 5.38 Å². The van der Waals surface area contributed by atoms with Crippen molar-refractivity contribution in [3.8, 4) is 0 Å². The van der Waals surface area contributed by atoms with Crippen LogP contribution in [-0.4, -0.2) is 38.2 Å². The predicted molar refractivity (Wildman–Crippen MR) is 116 cm³/mol. The Hall–Kier alpha value is -1.46. The number of aliphatic hydroxyl groups excluding tert-OH is 1. The Kier molecular flexibility index (Phi) is 9.57. The first-order valence-corrected chi connectivity index (χ1v) is 12.1. The van der Waals surface area contributed by atoms with E-state index in [-0.39, 0.29) is 22.7 Å². The number of unbranched alkanes of at least 4 members (excludes halogenated alkanes) is 2. The van der Waals surface area contributed by atoms with Gasteiger partial charge in [0.05, 0.1) is 10.7 Å². The first-order valence-electron chi connectivity index (χ1n) is 9.33. The van der Waals surface area contributed by atoms with Gasteiger partial charge in [0.15, 0.2) is 5.13 Å². The summed E-state index contributed by atoms with van der Waals surface area (Å²) in [5, 5.41) is 14.2. The van der Waals surface area contributed by atoms with Crippen LogP contribution in [0.15, 0.2) is 28.6 Å². The minimum Gasteiger partial charge on any atom is -0.396 e. The van der Waals surface area contributed by atoms with E-state index in [9.17, 15) is 17.9 Å². The van der Waals surface area contributed by atoms with Crippen molar-refractivity contribution in [1.82, 2.24) is 4.98 Å². The molecule has 0 bridgehead atoms. The van der Waals surface area contributed by atoms with Crippen molar-refractivity contribution >= 4 is 43.8 Å². The molecule has 0 saturated carbocycles. The summed E-state index contributed by atoms with van der Waals surface area (Å²) < 4.78 is 41.3. The van der Waals surface area contributed by atoms with Gasteiger partial charge < -0.3 is 16.2 Å². The van der Waals surface area contributed by atoms with E-state index in [0.717, 1.165) is 55.6 Å². The van der Waals surface area contributed by atoms with Crippen molar-refractivity contribution in [1.29, 1.82) is 0 Å². The zero-order chi connectivity index (χ0) is 21.3. The number of halogens is 2. The molecule has 0 radical (unpaired) electrons. The molecule has 1 aromatic carbocycles. The largest absolute Gasteiger partial charge is 0.396 e. The predicted octanol–water partition coefficient (Wildman–Crippen LogP) is 3.67. The highest BCUT2D eigenvalue weighted by molar-refractivity contribution is 7.93. The number of aliphatic hydroxyl groups is 1. The van der Waals surface area contributed by atoms with Gasteiger partial charge in [0.1, 0.15) is 10.7 Å². The fraction of sp³-hybridized carbons (Fsp3) is 0.500. The maximum absolute atomic E-state index is 14.4. The molecule has 0 aliphatic rings. The molecule has 0 aliphatic carbocycles. The molecule has 1 atom stereocenters. The molecule has 162 valence electrons. The number of hydrogen-bond acceptors (Lipinski definition) is 7. The molecule has 0 unspecified atom stereocenters. The Balaban J connectivity index is 1.87. The summed E-state index contributed by atoms with van der Waals surface area (Å²) in [6, 6.07) is 2.18. The first kappa shape index (κ1) is 23.8. The highest BCUT2D eigenvalue weighted by Gasteiger charge is 2.22. The van der Waals surface area contributed by atoms with E-state index in [0.29, 0.717) is 18.8 Å². The smallest absolute Gasteiger partial charge is 0.266 e. The summed E-state index contributed by atoms with van der Waals surface area (Å²) >= 11 is 7.24. The number of rotatable bonds is 13. The van der Waals surface area contributed by atoms with E-state index < -0.39 is 20.7 Å². The number of nitrogens with one attached hydrogen (secondary N) is 2. The van der Waals surface area contributed by atoms with Crippen LogP contribution in [0.25, 0.3) is 0 Å². The van der Waals surface area contributed by atoms with Crippen molar-refractivity contribution in [3.05, 3.63) is 34.5 Å². The number of hydrogen-bond donors (Lipinski definition) is 4. The number of nitrogens with two attached hydrogens (primary N) is 1. The van der Waals surface area contributed by atoms with Crippen molar-refractivity contribution in [2.45, 2.75) is 37.0 Å². The average Bonchev–Trinajstić information content (AvgIpc) is 3.17. The second kappa shape index (κ2) is 11.7. The topological polar surface area (TPSA) is 117 Å². The third-order valence-electron chi connectivity index (χ3n) is 4.40. The van der Waals surface area contributed by atoms with Crippen molar-refractivity contribution in [2.75, 3.05) is 29.7 Å². The summed E-state index contributed by atoms with van der Waals surface area (Å²) in [6.07, 6.45) is 5.93. The fourth-order valence-corrected chi connectivity index (χ4v) is 5.00. The SMILES string of the molecule is NCC[C@@H](CO)CCCCCNc1cc(F)c(S(=O)(=O)Nc2nccs2)cc1Cl. The molecule has 5 N–H and O–H groups in total. The molecular weight excluding hydrogens is 439 g/mol. The van der Waals surface area contributed by atoms with Crippen LogP contribution < -0.4 is 15.8 Å². The second-order valence-electron chi connectivity index (χ2n) is 6.61. The molecule has 0 saturated heterocycles. The van der Waals surface area contributed by atoms with Crippen LogP contribution in [0.2, 0.25) is 5.02 Å². The standard InChI is InChI=1S/C18H26ClFN4O3S2/c19-14-10-17(29(26,27)24-18-23-8-9-28-18)15(20)11-16(14)22-7-3-1-2-4-13(12-25)5-6-21/h8-11,13,22,25H,1-7,12,21H2,(H,23,24)/t13-/m0/s1. The van der Waals surface area contributed by atoms with Crippen LogP contribution in [0.1, 0.15) is 32.1 Å². The Labute approximate surface area is 179 Å². The van der Waals surface area contributed by atoms with E-state index in [4.69, 9.17) is 17.3 Å². The number of nitrogens with zero attached hydrogens (tertiary/aromatic N) is 1. The number of benzene rings is 1. The highest BCUT2D eigenvalue weighted by Crippen LogP contribution is 2.29. The molecule has 2 aromatic rings. The average molecular weight is 465 g/mol. The number of anilines is 2. The number of thiazole rings is 1. The van der Waals surface area contributed by atoms with Crippen LogP contribution >= 0.6 is 22.9 Å². The monoisotopic (exact) mass is 464 g/mol. The maximum Gasteiger partial charge on any atom is 0.266 e. The summed E-state index contributed by atoms with van der Waals surface area (Å²) in [7, 11) is -4.12. The lowest BCUT2D eigenvalue weighted by Crippen LogP contribution is -2.15. The molecule has 0 aliphatic heterocycles. The van der Waals surface area contributed by atoms with Gasteiger partial charge in [-0.15, -0.1) is 11.3 Å². The van der Waals surface area contributed by atoms with Gasteiger partial charge in [0, 0.05) is 24.7 Å². The third-order valence-corrected chi connectivity index (χ3v) is 6.89. The van der Waals surface area contributed by atoms with Crippen LogP contribution in [-0.2, 0) is 10.0 Å². The molecule has 2 rings (SSSR count). The molecule has 0 spiro atoms.